The van der Waals surface area contributed by atoms with Gasteiger partial charge in [0.15, 0.2) is 0 Å². The first-order valence-electron chi connectivity index (χ1n) is 8.72. The van der Waals surface area contributed by atoms with E-state index in [2.05, 4.69) is 0 Å². The van der Waals surface area contributed by atoms with Crippen LogP contribution < -0.4 is 11.0 Å². The van der Waals surface area contributed by atoms with Crippen molar-refractivity contribution in [3.8, 4) is 0 Å². The molecule has 3 heterocycles. The van der Waals surface area contributed by atoms with Crippen LogP contribution in [0.15, 0.2) is 17.1 Å². The Morgan fingerprint density at radius 3 is 2.31 bits per heavy atom. The van der Waals surface area contributed by atoms with Gasteiger partial charge in [0, 0.05) is 31.1 Å². The van der Waals surface area contributed by atoms with Gasteiger partial charge < -0.3 is 23.2 Å². The number of hydrogen-bond donors (Lipinski definition) is 0. The second kappa shape index (κ2) is 5.99. The number of aromatic nitrogens is 2. The number of carbonyl (C=O) groups is 1. The Balaban J connectivity index is 2.22. The lowest BCUT2D eigenvalue weighted by molar-refractivity contribution is 0.00578. The van der Waals surface area contributed by atoms with Gasteiger partial charge in [0.05, 0.1) is 17.8 Å². The molecule has 0 spiro atoms. The molecule has 1 fully saturated rings. The normalized spacial score (nSPS) is 18.5. The minimum atomic E-state index is -0.633. The zero-order valence-corrected chi connectivity index (χ0v) is 16.4. The number of ether oxygens (including phenoxy) is 1. The Hall–Kier alpha value is -2.06. The van der Waals surface area contributed by atoms with Crippen LogP contribution in [0.25, 0.3) is 10.9 Å². The van der Waals surface area contributed by atoms with Crippen molar-refractivity contribution in [3.05, 3.63) is 28.3 Å². The first-order valence-corrected chi connectivity index (χ1v) is 8.72. The molecule has 7 nitrogen and oxygen atoms in total. The molecule has 140 valence electrons. The largest absolute Gasteiger partial charge is 0.497 e. The summed E-state index contributed by atoms with van der Waals surface area (Å²) >= 11 is 0. The van der Waals surface area contributed by atoms with E-state index in [1.54, 1.807) is 37.8 Å². The van der Waals surface area contributed by atoms with Crippen molar-refractivity contribution in [3.63, 3.8) is 0 Å². The summed E-state index contributed by atoms with van der Waals surface area (Å²) < 4.78 is 20.5. The average molecular weight is 360 g/mol. The summed E-state index contributed by atoms with van der Waals surface area (Å²) in [5.74, 6) is -0.465. The van der Waals surface area contributed by atoms with E-state index < -0.39 is 24.3 Å². The summed E-state index contributed by atoms with van der Waals surface area (Å²) in [4.78, 5) is 24.9. The van der Waals surface area contributed by atoms with Crippen LogP contribution in [-0.2, 0) is 28.1 Å². The number of hydrogen-bond acceptors (Lipinski definition) is 5. The molecule has 0 aromatic carbocycles. The van der Waals surface area contributed by atoms with E-state index in [0.717, 1.165) is 0 Å². The van der Waals surface area contributed by atoms with Crippen LogP contribution >= 0.6 is 0 Å². The van der Waals surface area contributed by atoms with E-state index >= 15 is 0 Å². The van der Waals surface area contributed by atoms with Gasteiger partial charge in [0.2, 0.25) is 0 Å². The van der Waals surface area contributed by atoms with Crippen molar-refractivity contribution in [2.45, 2.75) is 45.8 Å². The van der Waals surface area contributed by atoms with E-state index in [-0.39, 0.29) is 12.2 Å². The minimum Gasteiger partial charge on any atom is -0.461 e. The van der Waals surface area contributed by atoms with Crippen LogP contribution in [0.5, 0.6) is 0 Å². The number of carbonyl (C=O) groups excluding carboxylic acids is 1. The lowest BCUT2D eigenvalue weighted by Crippen LogP contribution is -2.41. The highest BCUT2D eigenvalue weighted by molar-refractivity contribution is 6.65. The van der Waals surface area contributed by atoms with E-state index in [4.69, 9.17) is 14.0 Å². The summed E-state index contributed by atoms with van der Waals surface area (Å²) in [6.45, 7) is 9.91. The molecule has 1 aliphatic rings. The fraction of sp³-hybridized carbons (Fsp3) is 0.556. The second-order valence-electron chi connectivity index (χ2n) is 7.66. The van der Waals surface area contributed by atoms with Crippen LogP contribution in [0.3, 0.4) is 0 Å². The van der Waals surface area contributed by atoms with Crippen molar-refractivity contribution >= 4 is 29.5 Å². The van der Waals surface area contributed by atoms with Crippen LogP contribution in [0.2, 0.25) is 0 Å². The smallest absolute Gasteiger partial charge is 0.461 e. The predicted octanol–water partition coefficient (Wildman–Crippen LogP) is 1.35. The summed E-state index contributed by atoms with van der Waals surface area (Å²) in [7, 11) is 2.73. The topological polar surface area (TPSA) is 71.7 Å². The van der Waals surface area contributed by atoms with Crippen molar-refractivity contribution in [1.29, 1.82) is 0 Å². The molecule has 0 saturated carbocycles. The zero-order chi connectivity index (χ0) is 19.4. The zero-order valence-electron chi connectivity index (χ0n) is 16.4. The first kappa shape index (κ1) is 18.7. The van der Waals surface area contributed by atoms with E-state index in [1.807, 2.05) is 27.7 Å². The van der Waals surface area contributed by atoms with Gasteiger partial charge in [-0.3, -0.25) is 4.79 Å². The molecule has 8 heteroatoms. The molecular formula is C18H25BN2O5. The fourth-order valence-electron chi connectivity index (χ4n) is 3.14. The lowest BCUT2D eigenvalue weighted by atomic mass is 9.78. The van der Waals surface area contributed by atoms with Crippen LogP contribution in [0.4, 0.5) is 0 Å². The quantitative estimate of drug-likeness (QED) is 0.611. The summed E-state index contributed by atoms with van der Waals surface area (Å²) in [5.41, 5.74) is 0.255. The standard InChI is InChI=1S/C18H25BN2O5/c1-8-24-16(23)13-9-11-12(10-20(6)15(22)14(11)21(13)7)19-25-17(2,3)18(4,5)26-19/h9-10H,8H2,1-7H3. The van der Waals surface area contributed by atoms with Gasteiger partial charge in [-0.15, -0.1) is 0 Å². The van der Waals surface area contributed by atoms with Crippen LogP contribution in [0, 0.1) is 0 Å². The fourth-order valence-corrected chi connectivity index (χ4v) is 3.14. The third-order valence-corrected chi connectivity index (χ3v) is 5.39. The number of fused-ring (bicyclic) bond motifs is 1. The molecule has 0 radical (unpaired) electrons. The maximum absolute atomic E-state index is 12.7. The van der Waals surface area contributed by atoms with E-state index in [0.29, 0.717) is 22.1 Å². The minimum absolute atomic E-state index is 0.196. The summed E-state index contributed by atoms with van der Waals surface area (Å²) in [5, 5.41) is 0.636. The van der Waals surface area contributed by atoms with Gasteiger partial charge >= 0.3 is 13.1 Å². The SMILES string of the molecule is CCOC(=O)c1cc2c(B3OC(C)(C)C(C)(C)O3)cn(C)c(=O)c2n1C. The Bertz CT molecular complexity index is 925. The molecule has 0 amide bonds. The molecule has 1 aliphatic heterocycles. The molecule has 1 saturated heterocycles. The van der Waals surface area contributed by atoms with Gasteiger partial charge in [0.1, 0.15) is 11.2 Å². The number of esters is 1. The Morgan fingerprint density at radius 1 is 1.19 bits per heavy atom. The highest BCUT2D eigenvalue weighted by Gasteiger charge is 2.52. The molecular weight excluding hydrogens is 335 g/mol. The molecule has 2 aromatic rings. The van der Waals surface area contributed by atoms with Crippen molar-refractivity contribution in [2.75, 3.05) is 6.61 Å². The third kappa shape index (κ3) is 2.68. The number of aryl methyl sites for hydroxylation is 2. The van der Waals surface area contributed by atoms with E-state index in [1.165, 1.54) is 4.57 Å². The monoisotopic (exact) mass is 360 g/mol. The molecule has 0 bridgehead atoms. The van der Waals surface area contributed by atoms with E-state index in [9.17, 15) is 9.59 Å². The highest BCUT2D eigenvalue weighted by Crippen LogP contribution is 2.37. The van der Waals surface area contributed by atoms with Crippen LogP contribution in [0.1, 0.15) is 45.1 Å². The van der Waals surface area contributed by atoms with Gasteiger partial charge in [-0.1, -0.05) is 0 Å². The molecule has 0 atom stereocenters. The average Bonchev–Trinajstić information content (AvgIpc) is 2.97. The molecule has 0 N–H and O–H groups in total. The number of rotatable bonds is 3. The van der Waals surface area contributed by atoms with Gasteiger partial charge in [-0.2, -0.15) is 0 Å². The van der Waals surface area contributed by atoms with Crippen molar-refractivity contribution in [1.82, 2.24) is 9.13 Å². The summed E-state index contributed by atoms with van der Waals surface area (Å²) in [6.07, 6.45) is 1.71. The van der Waals surface area contributed by atoms with Gasteiger partial charge in [-0.05, 0) is 40.7 Å². The number of pyridine rings is 1. The second-order valence-corrected chi connectivity index (χ2v) is 7.66. The Labute approximate surface area is 153 Å². The Morgan fingerprint density at radius 2 is 1.77 bits per heavy atom. The number of nitrogens with zero attached hydrogens (tertiary/aromatic N) is 2. The van der Waals surface area contributed by atoms with Crippen LogP contribution in [-0.4, -0.2) is 40.0 Å². The maximum Gasteiger partial charge on any atom is 0.497 e. The highest BCUT2D eigenvalue weighted by atomic mass is 16.7. The van der Waals surface area contributed by atoms with Crippen molar-refractivity contribution < 1.29 is 18.8 Å². The molecule has 0 unspecified atom stereocenters. The van der Waals surface area contributed by atoms with Gasteiger partial charge in [0.25, 0.3) is 5.56 Å². The third-order valence-electron chi connectivity index (χ3n) is 5.39. The Kier molecular flexibility index (Phi) is 4.32. The lowest BCUT2D eigenvalue weighted by Gasteiger charge is -2.32. The van der Waals surface area contributed by atoms with Gasteiger partial charge in [-0.25, -0.2) is 4.79 Å². The first-order chi connectivity index (χ1) is 12.0. The maximum atomic E-state index is 12.7. The summed E-state index contributed by atoms with van der Waals surface area (Å²) in [6, 6.07) is 1.68. The molecule has 26 heavy (non-hydrogen) atoms. The molecule has 2 aromatic heterocycles. The predicted molar refractivity (Wildman–Crippen MR) is 99.8 cm³/mol. The van der Waals surface area contributed by atoms with Crippen molar-refractivity contribution in [2.24, 2.45) is 14.1 Å². The molecule has 3 rings (SSSR count). The molecule has 0 aliphatic carbocycles.